The van der Waals surface area contributed by atoms with Gasteiger partial charge in [-0.3, -0.25) is 0 Å². The van der Waals surface area contributed by atoms with Gasteiger partial charge in [-0.15, -0.1) is 0 Å². The van der Waals surface area contributed by atoms with E-state index in [9.17, 15) is 5.11 Å². The van der Waals surface area contributed by atoms with Crippen LogP contribution in [-0.4, -0.2) is 11.2 Å². The van der Waals surface area contributed by atoms with E-state index in [0.717, 1.165) is 30.4 Å². The van der Waals surface area contributed by atoms with Crippen molar-refractivity contribution in [3.05, 3.63) is 39.9 Å². The van der Waals surface area contributed by atoms with E-state index in [4.69, 9.17) is 23.2 Å². The number of aliphatic hydroxyl groups is 1. The van der Waals surface area contributed by atoms with Crippen molar-refractivity contribution in [3.63, 3.8) is 0 Å². The standard InChI is InChI=1S/C12H12Cl2O/c13-9-4-5-12(14)11(7-9)8-2-1-3-10(15)6-8/h4-7,10,15H,1-3H2. The largest absolute Gasteiger partial charge is 0.389 e. The molecule has 0 aliphatic heterocycles. The van der Waals surface area contributed by atoms with Gasteiger partial charge < -0.3 is 5.11 Å². The van der Waals surface area contributed by atoms with Crippen LogP contribution in [0, 0.1) is 0 Å². The average molecular weight is 243 g/mol. The lowest BCUT2D eigenvalue weighted by Gasteiger charge is -2.18. The Hall–Kier alpha value is -0.500. The van der Waals surface area contributed by atoms with Gasteiger partial charge >= 0.3 is 0 Å². The second-order valence-corrected chi connectivity index (χ2v) is 4.62. The Morgan fingerprint density at radius 1 is 1.27 bits per heavy atom. The van der Waals surface area contributed by atoms with Crippen LogP contribution in [0.1, 0.15) is 24.8 Å². The smallest absolute Gasteiger partial charge is 0.0726 e. The van der Waals surface area contributed by atoms with Gasteiger partial charge in [-0.25, -0.2) is 0 Å². The molecule has 0 heterocycles. The minimum atomic E-state index is -0.344. The third kappa shape index (κ3) is 2.54. The Morgan fingerprint density at radius 3 is 2.80 bits per heavy atom. The van der Waals surface area contributed by atoms with Crippen molar-refractivity contribution in [1.29, 1.82) is 0 Å². The van der Waals surface area contributed by atoms with Gasteiger partial charge in [0.05, 0.1) is 6.10 Å². The van der Waals surface area contributed by atoms with Crippen LogP contribution in [0.4, 0.5) is 0 Å². The van der Waals surface area contributed by atoms with E-state index in [1.165, 1.54) is 0 Å². The van der Waals surface area contributed by atoms with Gasteiger partial charge in [-0.05, 0) is 48.6 Å². The molecule has 0 spiro atoms. The first-order valence-electron chi connectivity index (χ1n) is 5.01. The van der Waals surface area contributed by atoms with E-state index in [-0.39, 0.29) is 6.10 Å². The molecule has 15 heavy (non-hydrogen) atoms. The number of rotatable bonds is 1. The Kier molecular flexibility index (Phi) is 3.35. The topological polar surface area (TPSA) is 20.2 Å². The predicted octanol–water partition coefficient (Wildman–Crippen LogP) is 3.92. The lowest BCUT2D eigenvalue weighted by atomic mass is 9.92. The molecule has 1 N–H and O–H groups in total. The molecule has 1 aromatic rings. The number of aliphatic hydroxyl groups excluding tert-OH is 1. The fourth-order valence-electron chi connectivity index (χ4n) is 1.87. The molecule has 0 radical (unpaired) electrons. The molecule has 1 unspecified atom stereocenters. The number of benzene rings is 1. The van der Waals surface area contributed by atoms with E-state index in [0.29, 0.717) is 10.0 Å². The van der Waals surface area contributed by atoms with Crippen LogP contribution in [0.15, 0.2) is 24.3 Å². The fraction of sp³-hybridized carbons (Fsp3) is 0.333. The van der Waals surface area contributed by atoms with E-state index < -0.39 is 0 Å². The van der Waals surface area contributed by atoms with Crippen LogP contribution in [0.5, 0.6) is 0 Å². The fourth-order valence-corrected chi connectivity index (χ4v) is 2.28. The number of hydrogen-bond acceptors (Lipinski definition) is 1. The van der Waals surface area contributed by atoms with Crippen LogP contribution in [0.3, 0.4) is 0 Å². The molecule has 1 aliphatic carbocycles. The summed E-state index contributed by atoms with van der Waals surface area (Å²) in [5, 5.41) is 10.9. The Labute approximate surface area is 99.3 Å². The summed E-state index contributed by atoms with van der Waals surface area (Å²) in [6, 6.07) is 5.42. The quantitative estimate of drug-likeness (QED) is 0.792. The highest BCUT2D eigenvalue weighted by atomic mass is 35.5. The second-order valence-electron chi connectivity index (χ2n) is 3.78. The highest BCUT2D eigenvalue weighted by molar-refractivity contribution is 6.34. The average Bonchev–Trinajstić information content (AvgIpc) is 2.22. The molecule has 2 rings (SSSR count). The number of hydrogen-bond donors (Lipinski definition) is 1. The summed E-state index contributed by atoms with van der Waals surface area (Å²) in [6.45, 7) is 0. The molecule has 0 saturated heterocycles. The van der Waals surface area contributed by atoms with Crippen molar-refractivity contribution < 1.29 is 5.11 Å². The summed E-state index contributed by atoms with van der Waals surface area (Å²) in [6.07, 6.45) is 4.32. The van der Waals surface area contributed by atoms with Gasteiger partial charge in [0.15, 0.2) is 0 Å². The maximum atomic E-state index is 9.55. The first kappa shape index (κ1) is 11.0. The van der Waals surface area contributed by atoms with Crippen LogP contribution in [0.2, 0.25) is 10.0 Å². The molecule has 1 aliphatic rings. The number of halogens is 2. The molecule has 1 nitrogen and oxygen atoms in total. The van der Waals surface area contributed by atoms with Gasteiger partial charge in [-0.1, -0.05) is 29.3 Å². The number of allylic oxidation sites excluding steroid dienone is 1. The summed E-state index contributed by atoms with van der Waals surface area (Å²) < 4.78 is 0. The maximum Gasteiger partial charge on any atom is 0.0726 e. The minimum Gasteiger partial charge on any atom is -0.389 e. The molecule has 1 atom stereocenters. The molecule has 0 amide bonds. The first-order valence-corrected chi connectivity index (χ1v) is 5.76. The summed E-state index contributed by atoms with van der Waals surface area (Å²) in [5.74, 6) is 0. The van der Waals surface area contributed by atoms with Crippen LogP contribution in [0.25, 0.3) is 5.57 Å². The van der Waals surface area contributed by atoms with Crippen LogP contribution < -0.4 is 0 Å². The van der Waals surface area contributed by atoms with Crippen molar-refractivity contribution in [2.45, 2.75) is 25.4 Å². The summed E-state index contributed by atoms with van der Waals surface area (Å²) in [7, 11) is 0. The molecule has 3 heteroatoms. The Bertz CT molecular complexity index is 399. The normalized spacial score (nSPS) is 21.3. The summed E-state index contributed by atoms with van der Waals surface area (Å²) >= 11 is 12.0. The highest BCUT2D eigenvalue weighted by Gasteiger charge is 2.14. The third-order valence-electron chi connectivity index (χ3n) is 2.61. The lowest BCUT2D eigenvalue weighted by molar-refractivity contribution is 0.206. The van der Waals surface area contributed by atoms with Crippen LogP contribution in [-0.2, 0) is 0 Å². The Balaban J connectivity index is 2.40. The zero-order valence-electron chi connectivity index (χ0n) is 8.21. The highest BCUT2D eigenvalue weighted by Crippen LogP contribution is 2.33. The zero-order valence-corrected chi connectivity index (χ0v) is 9.72. The van der Waals surface area contributed by atoms with Crippen LogP contribution >= 0.6 is 23.2 Å². The van der Waals surface area contributed by atoms with Gasteiger partial charge in [0.2, 0.25) is 0 Å². The molecule has 80 valence electrons. The summed E-state index contributed by atoms with van der Waals surface area (Å²) in [5.41, 5.74) is 2.05. The van der Waals surface area contributed by atoms with Gasteiger partial charge in [0.1, 0.15) is 0 Å². The predicted molar refractivity (Wildman–Crippen MR) is 64.3 cm³/mol. The van der Waals surface area contributed by atoms with Gasteiger partial charge in [0, 0.05) is 10.0 Å². The molecule has 1 aromatic carbocycles. The molecular formula is C12H12Cl2O. The van der Waals surface area contributed by atoms with E-state index in [2.05, 4.69) is 0 Å². The minimum absolute atomic E-state index is 0.344. The molecule has 0 fully saturated rings. The first-order chi connectivity index (χ1) is 7.16. The van der Waals surface area contributed by atoms with Crippen molar-refractivity contribution in [1.82, 2.24) is 0 Å². The van der Waals surface area contributed by atoms with E-state index in [1.54, 1.807) is 12.1 Å². The van der Waals surface area contributed by atoms with Gasteiger partial charge in [-0.2, -0.15) is 0 Å². The maximum absolute atomic E-state index is 9.55. The SMILES string of the molecule is OC1C=C(c2cc(Cl)ccc2Cl)CCC1. The third-order valence-corrected chi connectivity index (χ3v) is 3.18. The molecular weight excluding hydrogens is 231 g/mol. The monoisotopic (exact) mass is 242 g/mol. The van der Waals surface area contributed by atoms with Gasteiger partial charge in [0.25, 0.3) is 0 Å². The summed E-state index contributed by atoms with van der Waals surface area (Å²) in [4.78, 5) is 0. The lowest BCUT2D eigenvalue weighted by Crippen LogP contribution is -2.08. The molecule has 0 saturated carbocycles. The van der Waals surface area contributed by atoms with Crippen molar-refractivity contribution in [2.24, 2.45) is 0 Å². The van der Waals surface area contributed by atoms with Crippen molar-refractivity contribution in [2.75, 3.05) is 0 Å². The van der Waals surface area contributed by atoms with Crippen molar-refractivity contribution >= 4 is 28.8 Å². The van der Waals surface area contributed by atoms with E-state index >= 15 is 0 Å². The molecule has 0 aromatic heterocycles. The second kappa shape index (κ2) is 4.56. The Morgan fingerprint density at radius 2 is 2.07 bits per heavy atom. The van der Waals surface area contributed by atoms with E-state index in [1.807, 2.05) is 12.1 Å². The molecule has 0 bridgehead atoms. The van der Waals surface area contributed by atoms with Crippen molar-refractivity contribution in [3.8, 4) is 0 Å². The zero-order chi connectivity index (χ0) is 10.8.